The number of hydrogen-bond donors (Lipinski definition) is 2. The van der Waals surface area contributed by atoms with Crippen LogP contribution in [0.1, 0.15) is 31.1 Å². The fourth-order valence-electron chi connectivity index (χ4n) is 2.92. The molecule has 1 atom stereocenters. The fraction of sp³-hybridized carbons (Fsp3) is 0.250. The zero-order chi connectivity index (χ0) is 21.7. The van der Waals surface area contributed by atoms with Gasteiger partial charge in [0, 0.05) is 5.39 Å². The van der Waals surface area contributed by atoms with E-state index in [4.69, 9.17) is 9.47 Å². The van der Waals surface area contributed by atoms with Gasteiger partial charge in [-0.1, -0.05) is 48.5 Å². The van der Waals surface area contributed by atoms with Gasteiger partial charge in [0.25, 0.3) is 5.91 Å². The van der Waals surface area contributed by atoms with Gasteiger partial charge in [-0.2, -0.15) is 0 Å². The van der Waals surface area contributed by atoms with E-state index >= 15 is 0 Å². The molecule has 0 fully saturated rings. The van der Waals surface area contributed by atoms with E-state index in [9.17, 15) is 14.7 Å². The second-order valence-corrected chi connectivity index (χ2v) is 7.60. The summed E-state index contributed by atoms with van der Waals surface area (Å²) in [5, 5.41) is 13.6. The van der Waals surface area contributed by atoms with E-state index in [2.05, 4.69) is 5.32 Å². The highest BCUT2D eigenvalue weighted by Crippen LogP contribution is 2.31. The number of carboxylic acids is 1. The molecule has 3 rings (SSSR count). The molecule has 156 valence electrons. The molecule has 0 saturated heterocycles. The first-order chi connectivity index (χ1) is 14.3. The number of ether oxygens (including phenoxy) is 2. The van der Waals surface area contributed by atoms with Crippen LogP contribution in [0.3, 0.4) is 0 Å². The summed E-state index contributed by atoms with van der Waals surface area (Å²) in [5.74, 6) is -0.508. The fourth-order valence-corrected chi connectivity index (χ4v) is 2.92. The summed E-state index contributed by atoms with van der Waals surface area (Å²) in [7, 11) is 0. The Labute approximate surface area is 175 Å². The lowest BCUT2D eigenvalue weighted by Crippen LogP contribution is -2.49. The van der Waals surface area contributed by atoms with E-state index in [0.717, 1.165) is 16.5 Å². The Bertz CT molecular complexity index is 1050. The quantitative estimate of drug-likeness (QED) is 0.582. The number of carboxylic acid groups (broad SMARTS) is 1. The van der Waals surface area contributed by atoms with Gasteiger partial charge in [-0.3, -0.25) is 4.79 Å². The minimum atomic E-state index is -1.41. The maximum atomic E-state index is 12.9. The topological polar surface area (TPSA) is 84.9 Å². The van der Waals surface area contributed by atoms with Gasteiger partial charge < -0.3 is 19.9 Å². The minimum absolute atomic E-state index is 0.273. The Kier molecular flexibility index (Phi) is 6.26. The molecule has 6 heteroatoms. The van der Waals surface area contributed by atoms with Crippen molar-refractivity contribution in [3.8, 4) is 11.5 Å². The molecule has 1 amide bonds. The molecule has 3 aromatic carbocycles. The van der Waals surface area contributed by atoms with Gasteiger partial charge in [-0.15, -0.1) is 0 Å². The lowest BCUT2D eigenvalue weighted by molar-refractivity contribution is -0.143. The Morgan fingerprint density at radius 2 is 1.67 bits per heavy atom. The summed E-state index contributed by atoms with van der Waals surface area (Å²) in [6.45, 7) is 5.01. The van der Waals surface area contributed by atoms with Crippen molar-refractivity contribution in [3.05, 3.63) is 72.3 Å². The predicted octanol–water partition coefficient (Wildman–Crippen LogP) is 4.28. The van der Waals surface area contributed by atoms with E-state index in [1.807, 2.05) is 67.6 Å². The zero-order valence-electron chi connectivity index (χ0n) is 17.2. The number of hydrogen-bond acceptors (Lipinski definition) is 4. The third-order valence-electron chi connectivity index (χ3n) is 4.63. The molecule has 30 heavy (non-hydrogen) atoms. The first kappa shape index (κ1) is 21.2. The van der Waals surface area contributed by atoms with Crippen LogP contribution < -0.4 is 14.8 Å². The normalized spacial score (nSPS) is 12.2. The molecule has 3 aromatic rings. The van der Waals surface area contributed by atoms with Crippen LogP contribution in [0.4, 0.5) is 0 Å². The van der Waals surface area contributed by atoms with Crippen LogP contribution in [0.15, 0.2) is 66.7 Å². The molecule has 0 unspecified atom stereocenters. The Morgan fingerprint density at radius 3 is 2.37 bits per heavy atom. The van der Waals surface area contributed by atoms with Gasteiger partial charge in [0.2, 0.25) is 0 Å². The molecule has 0 aliphatic rings. The SMILES string of the molecule is C[C@H](COc1ccccc1)Oc1c(C(=O)NC(C)(C)C(=O)O)ccc2ccccc12. The molecule has 0 saturated carbocycles. The minimum Gasteiger partial charge on any atom is -0.490 e. The number of aliphatic carboxylic acids is 1. The number of rotatable bonds is 8. The summed E-state index contributed by atoms with van der Waals surface area (Å²) in [4.78, 5) is 24.3. The van der Waals surface area contributed by atoms with Gasteiger partial charge in [0.1, 0.15) is 29.7 Å². The van der Waals surface area contributed by atoms with Crippen LogP contribution >= 0.6 is 0 Å². The molecule has 2 N–H and O–H groups in total. The lowest BCUT2D eigenvalue weighted by Gasteiger charge is -2.23. The first-order valence-corrected chi connectivity index (χ1v) is 9.70. The molecule has 0 spiro atoms. The Hall–Kier alpha value is -3.54. The van der Waals surface area contributed by atoms with Crippen molar-refractivity contribution < 1.29 is 24.2 Å². The van der Waals surface area contributed by atoms with Gasteiger partial charge in [-0.25, -0.2) is 4.79 Å². The molecule has 0 aromatic heterocycles. The van der Waals surface area contributed by atoms with Crippen LogP contribution in [0.25, 0.3) is 10.8 Å². The largest absolute Gasteiger partial charge is 0.490 e. The molecular weight excluding hydrogens is 382 g/mol. The second-order valence-electron chi connectivity index (χ2n) is 7.60. The third kappa shape index (κ3) is 4.89. The van der Waals surface area contributed by atoms with Gasteiger partial charge >= 0.3 is 5.97 Å². The third-order valence-corrected chi connectivity index (χ3v) is 4.63. The molecule has 0 bridgehead atoms. The highest BCUT2D eigenvalue weighted by Gasteiger charge is 2.31. The van der Waals surface area contributed by atoms with Crippen molar-refractivity contribution in [1.29, 1.82) is 0 Å². The summed E-state index contributed by atoms with van der Waals surface area (Å²) >= 11 is 0. The highest BCUT2D eigenvalue weighted by molar-refractivity contribution is 6.05. The zero-order valence-corrected chi connectivity index (χ0v) is 17.2. The van der Waals surface area contributed by atoms with Crippen molar-refractivity contribution in [2.75, 3.05) is 6.61 Å². The monoisotopic (exact) mass is 407 g/mol. The molecule has 0 aliphatic heterocycles. The number of benzene rings is 3. The highest BCUT2D eigenvalue weighted by atomic mass is 16.5. The summed E-state index contributed by atoms with van der Waals surface area (Å²) in [6, 6.07) is 20.4. The number of nitrogens with one attached hydrogen (secondary N) is 1. The molecular formula is C24H25NO5. The molecule has 6 nitrogen and oxygen atoms in total. The average molecular weight is 407 g/mol. The first-order valence-electron chi connectivity index (χ1n) is 9.70. The van der Waals surface area contributed by atoms with Crippen molar-refractivity contribution in [2.45, 2.75) is 32.4 Å². The van der Waals surface area contributed by atoms with Crippen LogP contribution in [-0.2, 0) is 4.79 Å². The standard InChI is InChI=1S/C24H25NO5/c1-16(15-29-18-10-5-4-6-11-18)30-21-19-12-8-7-9-17(19)13-14-20(21)22(26)25-24(2,3)23(27)28/h4-14,16H,15H2,1-3H3,(H,25,26)(H,27,28)/t16-/m1/s1. The number of fused-ring (bicyclic) bond motifs is 1. The van der Waals surface area contributed by atoms with E-state index in [0.29, 0.717) is 5.75 Å². The van der Waals surface area contributed by atoms with Crippen LogP contribution in [0.2, 0.25) is 0 Å². The maximum Gasteiger partial charge on any atom is 0.328 e. The smallest absolute Gasteiger partial charge is 0.328 e. The predicted molar refractivity (Wildman–Crippen MR) is 115 cm³/mol. The number of carbonyl (C=O) groups is 2. The average Bonchev–Trinajstić information content (AvgIpc) is 2.72. The van der Waals surface area contributed by atoms with E-state index in [1.54, 1.807) is 6.07 Å². The van der Waals surface area contributed by atoms with Crippen LogP contribution in [0.5, 0.6) is 11.5 Å². The van der Waals surface area contributed by atoms with Gasteiger partial charge in [-0.05, 0) is 44.4 Å². The number of amides is 1. The summed E-state index contributed by atoms with van der Waals surface area (Å²) in [6.07, 6.45) is -0.352. The van der Waals surface area contributed by atoms with Crippen LogP contribution in [-0.4, -0.2) is 35.2 Å². The second kappa shape index (κ2) is 8.86. The summed E-state index contributed by atoms with van der Waals surface area (Å²) in [5.41, 5.74) is -1.14. The maximum absolute atomic E-state index is 12.9. The van der Waals surface area contributed by atoms with Gasteiger partial charge in [0.15, 0.2) is 0 Å². The van der Waals surface area contributed by atoms with Crippen molar-refractivity contribution in [1.82, 2.24) is 5.32 Å². The van der Waals surface area contributed by atoms with Crippen LogP contribution in [0, 0.1) is 0 Å². The van der Waals surface area contributed by atoms with E-state index < -0.39 is 17.4 Å². The molecule has 0 aliphatic carbocycles. The van der Waals surface area contributed by atoms with E-state index in [-0.39, 0.29) is 18.3 Å². The molecule has 0 heterocycles. The number of para-hydroxylation sites is 1. The molecule has 0 radical (unpaired) electrons. The van der Waals surface area contributed by atoms with E-state index in [1.165, 1.54) is 13.8 Å². The van der Waals surface area contributed by atoms with Crippen molar-refractivity contribution >= 4 is 22.6 Å². The van der Waals surface area contributed by atoms with Gasteiger partial charge in [0.05, 0.1) is 5.56 Å². The Balaban J connectivity index is 1.88. The number of carbonyl (C=O) groups excluding carboxylic acids is 1. The lowest BCUT2D eigenvalue weighted by atomic mass is 10.0. The van der Waals surface area contributed by atoms with Crippen molar-refractivity contribution in [3.63, 3.8) is 0 Å². The summed E-state index contributed by atoms with van der Waals surface area (Å²) < 4.78 is 11.9. The van der Waals surface area contributed by atoms with Crippen molar-refractivity contribution in [2.24, 2.45) is 0 Å². The Morgan fingerprint density at radius 1 is 1.00 bits per heavy atom.